The van der Waals surface area contributed by atoms with E-state index in [4.69, 9.17) is 0 Å². The highest BCUT2D eigenvalue weighted by atomic mass is 15.0. The van der Waals surface area contributed by atoms with Crippen molar-refractivity contribution in [2.24, 2.45) is 0 Å². The van der Waals surface area contributed by atoms with Gasteiger partial charge in [-0.05, 0) is 42.5 Å². The normalized spacial score (nSPS) is 13.8. The molecule has 1 nitrogen and oxygen atoms in total. The predicted octanol–water partition coefficient (Wildman–Crippen LogP) is 4.91. The van der Waals surface area contributed by atoms with E-state index in [0.29, 0.717) is 0 Å². The Morgan fingerprint density at radius 2 is 1.35 bits per heavy atom. The van der Waals surface area contributed by atoms with Gasteiger partial charge in [-0.15, -0.1) is 0 Å². The fourth-order valence-corrected chi connectivity index (χ4v) is 2.76. The molecule has 94 valence electrons. The van der Waals surface area contributed by atoms with Crippen LogP contribution in [0.2, 0.25) is 0 Å². The Kier molecular flexibility index (Phi) is 2.31. The zero-order valence-corrected chi connectivity index (χ0v) is 11.2. The summed E-state index contributed by atoms with van der Waals surface area (Å²) in [6, 6.07) is 17.0. The van der Waals surface area contributed by atoms with E-state index in [-0.39, 0.29) is 0 Å². The standard InChI is InChI=1S/C19H13N/c1-14-10-12-15(13-11-14)20-18-8-4-2-6-16(18)17-7-3-5-9-19(17)20/h2-10,12H,1H3. The van der Waals surface area contributed by atoms with Gasteiger partial charge in [-0.1, -0.05) is 42.1 Å². The minimum Gasteiger partial charge on any atom is -0.302 e. The highest BCUT2D eigenvalue weighted by Gasteiger charge is 2.11. The molecule has 4 rings (SSSR count). The molecule has 0 atom stereocenters. The average Bonchev–Trinajstić information content (AvgIpc) is 2.83. The molecule has 0 fully saturated rings. The summed E-state index contributed by atoms with van der Waals surface area (Å²) in [5.41, 5.74) is 11.0. The number of allylic oxidation sites excluding steroid dienone is 4. The average molecular weight is 255 g/mol. The largest absolute Gasteiger partial charge is 0.302 e. The molecule has 0 radical (unpaired) electrons. The Bertz CT molecular complexity index is 916. The summed E-state index contributed by atoms with van der Waals surface area (Å²) < 4.78 is 2.25. The smallest absolute Gasteiger partial charge is 0.0974 e. The molecule has 3 aromatic rings. The maximum absolute atomic E-state index is 3.26. The van der Waals surface area contributed by atoms with Crippen molar-refractivity contribution in [3.8, 4) is 0 Å². The molecule has 0 unspecified atom stereocenters. The summed E-state index contributed by atoms with van der Waals surface area (Å²) in [4.78, 5) is 0. The SMILES string of the molecule is CC1=C=C=C(n2c3ccccc3c3ccccc32)C=C1. The summed E-state index contributed by atoms with van der Waals surface area (Å²) in [6.07, 6.45) is 4.18. The van der Waals surface area contributed by atoms with Gasteiger partial charge in [0.05, 0.1) is 16.7 Å². The Morgan fingerprint density at radius 3 is 1.90 bits per heavy atom. The van der Waals surface area contributed by atoms with Gasteiger partial charge < -0.3 is 4.57 Å². The van der Waals surface area contributed by atoms with Crippen LogP contribution in [0, 0.1) is 0 Å². The quantitative estimate of drug-likeness (QED) is 0.545. The van der Waals surface area contributed by atoms with Crippen LogP contribution in [0.25, 0.3) is 27.5 Å². The van der Waals surface area contributed by atoms with Crippen molar-refractivity contribution < 1.29 is 0 Å². The van der Waals surface area contributed by atoms with Crippen LogP contribution in [0.4, 0.5) is 0 Å². The molecule has 1 aliphatic carbocycles. The van der Waals surface area contributed by atoms with Crippen LogP contribution < -0.4 is 0 Å². The Labute approximate surface area is 117 Å². The summed E-state index contributed by atoms with van der Waals surface area (Å²) in [7, 11) is 0. The van der Waals surface area contributed by atoms with Crippen LogP contribution in [0.1, 0.15) is 6.92 Å². The van der Waals surface area contributed by atoms with Gasteiger partial charge in [-0.3, -0.25) is 0 Å². The van der Waals surface area contributed by atoms with Crippen LogP contribution in [0.15, 0.2) is 77.7 Å². The highest BCUT2D eigenvalue weighted by Crippen LogP contribution is 2.31. The van der Waals surface area contributed by atoms with Gasteiger partial charge in [0, 0.05) is 10.8 Å². The first-order chi connectivity index (χ1) is 9.84. The third kappa shape index (κ3) is 1.52. The molecule has 0 saturated carbocycles. The van der Waals surface area contributed by atoms with Crippen molar-refractivity contribution in [2.45, 2.75) is 6.92 Å². The number of hydrogen-bond acceptors (Lipinski definition) is 0. The molecule has 1 heterocycles. The van der Waals surface area contributed by atoms with Crippen LogP contribution in [0.3, 0.4) is 0 Å². The number of benzene rings is 2. The minimum atomic E-state index is 1.04. The summed E-state index contributed by atoms with van der Waals surface area (Å²) >= 11 is 0. The molecule has 1 heteroatoms. The first kappa shape index (κ1) is 11.1. The predicted molar refractivity (Wildman–Crippen MR) is 84.5 cm³/mol. The topological polar surface area (TPSA) is 4.93 Å². The first-order valence-corrected chi connectivity index (χ1v) is 6.74. The fourth-order valence-electron chi connectivity index (χ4n) is 2.76. The number of hydrogen-bond donors (Lipinski definition) is 0. The summed E-state index contributed by atoms with van der Waals surface area (Å²) in [5.74, 6) is 0. The van der Waals surface area contributed by atoms with Gasteiger partial charge in [0.1, 0.15) is 0 Å². The second-order valence-electron chi connectivity index (χ2n) is 5.02. The van der Waals surface area contributed by atoms with Crippen LogP contribution >= 0.6 is 0 Å². The van der Waals surface area contributed by atoms with Gasteiger partial charge >= 0.3 is 0 Å². The van der Waals surface area contributed by atoms with E-state index in [1.807, 2.05) is 6.92 Å². The third-order valence-corrected chi connectivity index (χ3v) is 3.70. The number of para-hydroxylation sites is 2. The molecule has 1 aliphatic rings. The van der Waals surface area contributed by atoms with E-state index in [0.717, 1.165) is 11.3 Å². The zero-order valence-electron chi connectivity index (χ0n) is 11.2. The van der Waals surface area contributed by atoms with Crippen molar-refractivity contribution in [2.75, 3.05) is 0 Å². The zero-order chi connectivity index (χ0) is 13.5. The maximum Gasteiger partial charge on any atom is 0.0974 e. The van der Waals surface area contributed by atoms with Crippen molar-refractivity contribution in [1.82, 2.24) is 4.57 Å². The monoisotopic (exact) mass is 255 g/mol. The Hall–Kier alpha value is -2.72. The second kappa shape index (κ2) is 4.15. The van der Waals surface area contributed by atoms with E-state index < -0.39 is 0 Å². The van der Waals surface area contributed by atoms with Gasteiger partial charge in [-0.25, -0.2) is 0 Å². The number of aromatic nitrogens is 1. The molecule has 0 bridgehead atoms. The van der Waals surface area contributed by atoms with Crippen LogP contribution in [-0.4, -0.2) is 4.57 Å². The lowest BCUT2D eigenvalue weighted by Crippen LogP contribution is -1.94. The van der Waals surface area contributed by atoms with Crippen molar-refractivity contribution >= 4 is 27.5 Å². The number of fused-ring (bicyclic) bond motifs is 3. The minimum absolute atomic E-state index is 1.04. The van der Waals surface area contributed by atoms with E-state index in [1.165, 1.54) is 21.8 Å². The van der Waals surface area contributed by atoms with E-state index in [9.17, 15) is 0 Å². The van der Waals surface area contributed by atoms with E-state index in [1.54, 1.807) is 0 Å². The van der Waals surface area contributed by atoms with Gasteiger partial charge in [0.15, 0.2) is 0 Å². The maximum atomic E-state index is 3.26. The van der Waals surface area contributed by atoms with E-state index >= 15 is 0 Å². The molecule has 2 aromatic carbocycles. The first-order valence-electron chi connectivity index (χ1n) is 6.74. The Morgan fingerprint density at radius 1 is 0.750 bits per heavy atom. The Balaban J connectivity index is 2.23. The molecule has 0 spiro atoms. The molecule has 20 heavy (non-hydrogen) atoms. The molecular weight excluding hydrogens is 242 g/mol. The number of rotatable bonds is 1. The van der Waals surface area contributed by atoms with Crippen molar-refractivity contribution in [3.05, 3.63) is 77.7 Å². The van der Waals surface area contributed by atoms with Crippen LogP contribution in [-0.2, 0) is 0 Å². The van der Waals surface area contributed by atoms with Crippen LogP contribution in [0.5, 0.6) is 0 Å². The molecule has 0 aliphatic heterocycles. The lowest BCUT2D eigenvalue weighted by Gasteiger charge is -2.07. The molecule has 0 N–H and O–H groups in total. The number of nitrogens with zero attached hydrogens (tertiary/aromatic N) is 1. The van der Waals surface area contributed by atoms with Crippen molar-refractivity contribution in [1.29, 1.82) is 0 Å². The highest BCUT2D eigenvalue weighted by molar-refractivity contribution is 6.10. The van der Waals surface area contributed by atoms with Gasteiger partial charge in [0.25, 0.3) is 0 Å². The fraction of sp³-hybridized carbons (Fsp3) is 0.0526. The second-order valence-corrected chi connectivity index (χ2v) is 5.02. The van der Waals surface area contributed by atoms with Crippen molar-refractivity contribution in [3.63, 3.8) is 0 Å². The third-order valence-electron chi connectivity index (χ3n) is 3.70. The molecule has 0 saturated heterocycles. The molecule has 1 aromatic heterocycles. The summed E-state index contributed by atoms with van der Waals surface area (Å²) in [5, 5.41) is 2.55. The molecular formula is C19H13N. The van der Waals surface area contributed by atoms with Gasteiger partial charge in [-0.2, -0.15) is 0 Å². The molecule has 0 amide bonds. The lowest BCUT2D eigenvalue weighted by molar-refractivity contribution is 1.24. The summed E-state index contributed by atoms with van der Waals surface area (Å²) in [6.45, 7) is 2.03. The lowest BCUT2D eigenvalue weighted by atomic mass is 10.2. The van der Waals surface area contributed by atoms with Gasteiger partial charge in [0.2, 0.25) is 0 Å². The van der Waals surface area contributed by atoms with E-state index in [2.05, 4.69) is 76.7 Å².